The average Bonchev–Trinajstić information content (AvgIpc) is 3.00. The topological polar surface area (TPSA) is 97.1 Å². The third-order valence-corrected chi connectivity index (χ3v) is 3.79. The molecule has 9 heteroatoms. The lowest BCUT2D eigenvalue weighted by atomic mass is 10.2. The number of nitrogens with one attached hydrogen (secondary N) is 2. The molecule has 1 aromatic heterocycles. The van der Waals surface area contributed by atoms with Gasteiger partial charge in [-0.15, -0.1) is 10.2 Å². The van der Waals surface area contributed by atoms with Gasteiger partial charge < -0.3 is 15.1 Å². The molecule has 0 aliphatic rings. The van der Waals surface area contributed by atoms with Gasteiger partial charge in [-0.3, -0.25) is 9.59 Å². The van der Waals surface area contributed by atoms with Crippen molar-refractivity contribution in [1.82, 2.24) is 20.8 Å². The van der Waals surface area contributed by atoms with E-state index in [4.69, 9.17) is 16.0 Å². The minimum Gasteiger partial charge on any atom is -0.411 e. The Kier molecular flexibility index (Phi) is 6.62. The zero-order valence-corrected chi connectivity index (χ0v) is 14.8. The van der Waals surface area contributed by atoms with E-state index >= 15 is 0 Å². The summed E-state index contributed by atoms with van der Waals surface area (Å²) < 4.78 is 5.48. The van der Waals surface area contributed by atoms with Crippen molar-refractivity contribution in [2.75, 3.05) is 12.3 Å². The second-order valence-electron chi connectivity index (χ2n) is 5.17. The van der Waals surface area contributed by atoms with Crippen LogP contribution in [0.15, 0.2) is 33.9 Å². The van der Waals surface area contributed by atoms with Crippen LogP contribution >= 0.6 is 23.4 Å². The zero-order valence-electron chi connectivity index (χ0n) is 13.2. The number of halogens is 1. The van der Waals surface area contributed by atoms with Gasteiger partial charge in [0.2, 0.25) is 17.7 Å². The van der Waals surface area contributed by atoms with Gasteiger partial charge in [0, 0.05) is 16.6 Å². The number of amides is 2. The summed E-state index contributed by atoms with van der Waals surface area (Å²) >= 11 is 6.93. The second-order valence-corrected chi connectivity index (χ2v) is 6.53. The van der Waals surface area contributed by atoms with Gasteiger partial charge in [0.1, 0.15) is 0 Å². The number of carbonyl (C=O) groups is 2. The molecule has 0 spiro atoms. The highest BCUT2D eigenvalue weighted by Crippen LogP contribution is 2.24. The number of benzene rings is 1. The van der Waals surface area contributed by atoms with Crippen molar-refractivity contribution in [3.8, 4) is 11.5 Å². The molecule has 2 rings (SSSR count). The van der Waals surface area contributed by atoms with Crippen molar-refractivity contribution >= 4 is 35.2 Å². The highest BCUT2D eigenvalue weighted by molar-refractivity contribution is 7.99. The third kappa shape index (κ3) is 5.86. The summed E-state index contributed by atoms with van der Waals surface area (Å²) in [5.74, 6) is -0.0841. The molecule has 0 unspecified atom stereocenters. The molecule has 0 atom stereocenters. The minimum atomic E-state index is -0.287. The third-order valence-electron chi connectivity index (χ3n) is 2.72. The van der Waals surface area contributed by atoms with Gasteiger partial charge in [0.05, 0.1) is 12.3 Å². The normalized spacial score (nSPS) is 10.7. The van der Waals surface area contributed by atoms with Gasteiger partial charge >= 0.3 is 0 Å². The van der Waals surface area contributed by atoms with Gasteiger partial charge in [-0.1, -0.05) is 23.4 Å². The van der Waals surface area contributed by atoms with E-state index in [1.54, 1.807) is 24.3 Å². The van der Waals surface area contributed by atoms with E-state index in [1.807, 2.05) is 13.8 Å². The van der Waals surface area contributed by atoms with Crippen LogP contribution < -0.4 is 10.6 Å². The van der Waals surface area contributed by atoms with Gasteiger partial charge in [0.25, 0.3) is 5.22 Å². The van der Waals surface area contributed by atoms with E-state index < -0.39 is 0 Å². The number of hydrogen-bond acceptors (Lipinski definition) is 6. The number of rotatable bonds is 7. The molecule has 0 saturated carbocycles. The summed E-state index contributed by atoms with van der Waals surface area (Å²) in [7, 11) is 0. The van der Waals surface area contributed by atoms with Crippen LogP contribution in [-0.2, 0) is 9.59 Å². The van der Waals surface area contributed by atoms with Crippen LogP contribution in [-0.4, -0.2) is 40.4 Å². The summed E-state index contributed by atoms with van der Waals surface area (Å²) in [6, 6.07) is 7.02. The summed E-state index contributed by atoms with van der Waals surface area (Å²) in [6.07, 6.45) is 0. The molecule has 2 N–H and O–H groups in total. The highest BCUT2D eigenvalue weighted by atomic mass is 35.5. The Balaban J connectivity index is 1.79. The van der Waals surface area contributed by atoms with Crippen LogP contribution in [0.1, 0.15) is 13.8 Å². The quantitative estimate of drug-likeness (QED) is 0.726. The molecule has 0 aliphatic carbocycles. The summed E-state index contributed by atoms with van der Waals surface area (Å²) in [6.45, 7) is 3.64. The van der Waals surface area contributed by atoms with Crippen molar-refractivity contribution < 1.29 is 14.0 Å². The Morgan fingerprint density at radius 3 is 2.58 bits per heavy atom. The number of thioether (sulfide) groups is 1. The lowest BCUT2D eigenvalue weighted by Crippen LogP contribution is -2.40. The van der Waals surface area contributed by atoms with Crippen molar-refractivity contribution in [2.45, 2.75) is 25.1 Å². The van der Waals surface area contributed by atoms with Crippen LogP contribution in [0, 0.1) is 0 Å². The fourth-order valence-electron chi connectivity index (χ4n) is 1.71. The first kappa shape index (κ1) is 18.3. The first-order valence-corrected chi connectivity index (χ1v) is 8.58. The number of carbonyl (C=O) groups excluding carboxylic acids is 2. The lowest BCUT2D eigenvalue weighted by molar-refractivity contribution is -0.125. The molecule has 0 bridgehead atoms. The predicted octanol–water partition coefficient (Wildman–Crippen LogP) is 2.12. The maximum atomic E-state index is 11.7. The maximum absolute atomic E-state index is 11.7. The Morgan fingerprint density at radius 2 is 1.92 bits per heavy atom. The Hall–Kier alpha value is -2.06. The smallest absolute Gasteiger partial charge is 0.277 e. The predicted molar refractivity (Wildman–Crippen MR) is 91.8 cm³/mol. The summed E-state index contributed by atoms with van der Waals surface area (Å²) in [5.41, 5.74) is 0.744. The number of aromatic nitrogens is 2. The zero-order chi connectivity index (χ0) is 17.5. The Bertz CT molecular complexity index is 703. The van der Waals surface area contributed by atoms with Gasteiger partial charge in [0.15, 0.2) is 0 Å². The monoisotopic (exact) mass is 368 g/mol. The molecule has 128 valence electrons. The van der Waals surface area contributed by atoms with E-state index in [1.165, 1.54) is 0 Å². The van der Waals surface area contributed by atoms with E-state index in [-0.39, 0.29) is 35.4 Å². The van der Waals surface area contributed by atoms with Gasteiger partial charge in [-0.25, -0.2) is 0 Å². The van der Waals surface area contributed by atoms with Crippen molar-refractivity contribution in [1.29, 1.82) is 0 Å². The maximum Gasteiger partial charge on any atom is 0.277 e. The standard InChI is InChI=1S/C15H17ClN4O3S/c1-9(2)18-12(21)7-17-13(22)8-24-15-20-19-14(23-15)10-3-5-11(16)6-4-10/h3-6,9H,7-8H2,1-2H3,(H,17,22)(H,18,21). The summed E-state index contributed by atoms with van der Waals surface area (Å²) in [4.78, 5) is 23.1. The number of nitrogens with zero attached hydrogens (tertiary/aromatic N) is 2. The van der Waals surface area contributed by atoms with Crippen LogP contribution in [0.5, 0.6) is 0 Å². The SMILES string of the molecule is CC(C)NC(=O)CNC(=O)CSc1nnc(-c2ccc(Cl)cc2)o1. The molecule has 0 radical (unpaired) electrons. The van der Waals surface area contributed by atoms with Crippen molar-refractivity contribution in [3.63, 3.8) is 0 Å². The van der Waals surface area contributed by atoms with E-state index in [9.17, 15) is 9.59 Å². The highest BCUT2D eigenvalue weighted by Gasteiger charge is 2.12. The molecule has 2 aromatic rings. The molecule has 7 nitrogen and oxygen atoms in total. The van der Waals surface area contributed by atoms with E-state index in [0.717, 1.165) is 17.3 Å². The summed E-state index contributed by atoms with van der Waals surface area (Å²) in [5, 5.41) is 13.9. The van der Waals surface area contributed by atoms with Gasteiger partial charge in [-0.05, 0) is 38.1 Å². The molecular formula is C15H17ClN4O3S. The number of hydrogen-bond donors (Lipinski definition) is 2. The first-order chi connectivity index (χ1) is 11.4. The average molecular weight is 369 g/mol. The molecule has 24 heavy (non-hydrogen) atoms. The van der Waals surface area contributed by atoms with Crippen molar-refractivity contribution in [2.24, 2.45) is 0 Å². The van der Waals surface area contributed by atoms with Gasteiger partial charge in [-0.2, -0.15) is 0 Å². The molecular weight excluding hydrogens is 352 g/mol. The van der Waals surface area contributed by atoms with Crippen LogP contribution in [0.25, 0.3) is 11.5 Å². The molecule has 0 aliphatic heterocycles. The van der Waals surface area contributed by atoms with E-state index in [2.05, 4.69) is 20.8 Å². The van der Waals surface area contributed by atoms with Crippen LogP contribution in [0.3, 0.4) is 0 Å². The Labute approximate surface area is 148 Å². The Morgan fingerprint density at radius 1 is 1.21 bits per heavy atom. The van der Waals surface area contributed by atoms with Crippen LogP contribution in [0.4, 0.5) is 0 Å². The molecule has 2 amide bonds. The molecule has 1 heterocycles. The second kappa shape index (κ2) is 8.70. The minimum absolute atomic E-state index is 0.0356. The molecule has 1 aromatic carbocycles. The van der Waals surface area contributed by atoms with Crippen LogP contribution in [0.2, 0.25) is 5.02 Å². The van der Waals surface area contributed by atoms with E-state index in [0.29, 0.717) is 10.9 Å². The fraction of sp³-hybridized carbons (Fsp3) is 0.333. The largest absolute Gasteiger partial charge is 0.411 e. The lowest BCUT2D eigenvalue weighted by Gasteiger charge is -2.08. The molecule has 0 fully saturated rings. The first-order valence-electron chi connectivity index (χ1n) is 7.22. The fourth-order valence-corrected chi connectivity index (χ4v) is 2.43. The molecule has 0 saturated heterocycles. The van der Waals surface area contributed by atoms with Crippen molar-refractivity contribution in [3.05, 3.63) is 29.3 Å².